The van der Waals surface area contributed by atoms with Gasteiger partial charge in [-0.3, -0.25) is 4.79 Å². The van der Waals surface area contributed by atoms with Crippen LogP contribution in [0.2, 0.25) is 0 Å². The Kier molecular flexibility index (Phi) is 6.44. The zero-order chi connectivity index (χ0) is 19.1. The number of carbonyl (C=O) groups is 1. The Hall–Kier alpha value is -2.86. The minimum atomic E-state index is -0.154. The quantitative estimate of drug-likeness (QED) is 0.378. The van der Waals surface area contributed by atoms with Crippen molar-refractivity contribution in [2.45, 2.75) is 25.5 Å². The predicted octanol–water partition coefficient (Wildman–Crippen LogP) is 4.35. The van der Waals surface area contributed by atoms with Crippen LogP contribution in [-0.4, -0.2) is 27.4 Å². The molecule has 0 radical (unpaired) electrons. The molecule has 0 unspecified atom stereocenters. The lowest BCUT2D eigenvalue weighted by molar-refractivity contribution is -0.118. The fourth-order valence-electron chi connectivity index (χ4n) is 2.69. The van der Waals surface area contributed by atoms with Crippen molar-refractivity contribution < 1.29 is 4.79 Å². The van der Waals surface area contributed by atoms with Crippen LogP contribution in [0.25, 0.3) is 17.1 Å². The minimum Gasteiger partial charge on any atom is -0.319 e. The lowest BCUT2D eigenvalue weighted by atomic mass is 10.1. The molecule has 0 aliphatic heterocycles. The van der Waals surface area contributed by atoms with E-state index in [1.807, 2.05) is 67.6 Å². The number of fused-ring (bicyclic) bond motifs is 1. The third kappa shape index (κ3) is 5.08. The summed E-state index contributed by atoms with van der Waals surface area (Å²) in [4.78, 5) is 16.7. The van der Waals surface area contributed by atoms with Crippen molar-refractivity contribution in [3.8, 4) is 0 Å². The summed E-state index contributed by atoms with van der Waals surface area (Å²) in [7, 11) is 0. The van der Waals surface area contributed by atoms with Crippen molar-refractivity contribution in [1.82, 2.24) is 15.0 Å². The summed E-state index contributed by atoms with van der Waals surface area (Å²) < 4.78 is 2.11. The van der Waals surface area contributed by atoms with E-state index in [4.69, 9.17) is 0 Å². The molecule has 138 valence electrons. The van der Waals surface area contributed by atoms with Gasteiger partial charge in [0.25, 0.3) is 5.91 Å². The van der Waals surface area contributed by atoms with E-state index in [0.29, 0.717) is 0 Å². The molecule has 1 aromatic heterocycles. The summed E-state index contributed by atoms with van der Waals surface area (Å²) in [5.74, 6) is 0.112. The van der Waals surface area contributed by atoms with E-state index >= 15 is 0 Å². The average molecular weight is 379 g/mol. The molecule has 0 aliphatic rings. The molecule has 0 atom stereocenters. The van der Waals surface area contributed by atoms with Crippen molar-refractivity contribution in [3.63, 3.8) is 0 Å². The summed E-state index contributed by atoms with van der Waals surface area (Å²) >= 11 is 1.42. The van der Waals surface area contributed by atoms with Crippen molar-refractivity contribution in [2.75, 3.05) is 5.75 Å². The van der Waals surface area contributed by atoms with Gasteiger partial charge in [0.2, 0.25) is 0 Å². The second-order valence-corrected chi connectivity index (χ2v) is 6.95. The Balaban J connectivity index is 1.55. The first-order chi connectivity index (χ1) is 13.2. The number of nitrogens with zero attached hydrogens (tertiary/aromatic N) is 3. The standard InChI is InChI=1S/C21H22N4OS/c1-3-25-19-12-8-7-11-18(19)23-21(25)27-15-20(26)24-22-14-16(2)13-17-9-5-4-6-10-17/h4-14H,3,15H2,1-2H3,(H,24,26). The van der Waals surface area contributed by atoms with Crippen LogP contribution in [0, 0.1) is 0 Å². The van der Waals surface area contributed by atoms with Crippen LogP contribution in [0.5, 0.6) is 0 Å². The molecule has 6 heteroatoms. The topological polar surface area (TPSA) is 59.3 Å². The normalized spacial score (nSPS) is 12.0. The monoisotopic (exact) mass is 378 g/mol. The Bertz CT molecular complexity index is 976. The molecule has 0 spiro atoms. The number of hydrazone groups is 1. The fourth-order valence-corrected chi connectivity index (χ4v) is 3.56. The van der Waals surface area contributed by atoms with E-state index in [1.54, 1.807) is 6.21 Å². The number of nitrogens with one attached hydrogen (secondary N) is 1. The van der Waals surface area contributed by atoms with Crippen LogP contribution < -0.4 is 5.43 Å². The molecule has 0 saturated carbocycles. The van der Waals surface area contributed by atoms with Crippen molar-refractivity contribution in [3.05, 3.63) is 65.7 Å². The summed E-state index contributed by atoms with van der Waals surface area (Å²) in [6.07, 6.45) is 3.66. The third-order valence-corrected chi connectivity index (χ3v) is 4.90. The highest BCUT2D eigenvalue weighted by Crippen LogP contribution is 2.23. The van der Waals surface area contributed by atoms with Crippen LogP contribution in [0.3, 0.4) is 0 Å². The highest BCUT2D eigenvalue weighted by molar-refractivity contribution is 7.99. The molecule has 3 rings (SSSR count). The van der Waals surface area contributed by atoms with Gasteiger partial charge in [0.1, 0.15) is 0 Å². The molecule has 2 aromatic carbocycles. The van der Waals surface area contributed by atoms with E-state index in [0.717, 1.165) is 33.9 Å². The SMILES string of the molecule is CCn1c(SCC(=O)NN=CC(C)=Cc2ccccc2)nc2ccccc21. The molecular formula is C21H22N4OS. The minimum absolute atomic E-state index is 0.154. The fraction of sp³-hybridized carbons (Fsp3) is 0.190. The Labute approximate surface area is 163 Å². The molecule has 5 nitrogen and oxygen atoms in total. The van der Waals surface area contributed by atoms with Gasteiger partial charge in [-0.2, -0.15) is 5.10 Å². The van der Waals surface area contributed by atoms with Gasteiger partial charge in [0, 0.05) is 6.54 Å². The molecule has 1 heterocycles. The second kappa shape index (κ2) is 9.19. The smallest absolute Gasteiger partial charge is 0.250 e. The number of para-hydroxylation sites is 2. The van der Waals surface area contributed by atoms with Gasteiger partial charge in [0.05, 0.1) is 23.0 Å². The summed E-state index contributed by atoms with van der Waals surface area (Å²) in [6.45, 7) is 4.83. The summed E-state index contributed by atoms with van der Waals surface area (Å²) in [6, 6.07) is 18.0. The molecule has 0 bridgehead atoms. The number of thioether (sulfide) groups is 1. The third-order valence-electron chi connectivity index (χ3n) is 3.92. The predicted molar refractivity (Wildman–Crippen MR) is 113 cm³/mol. The lowest BCUT2D eigenvalue weighted by Gasteiger charge is -2.04. The maximum atomic E-state index is 12.1. The molecule has 3 aromatic rings. The first kappa shape index (κ1) is 18.9. The number of allylic oxidation sites excluding steroid dienone is 1. The van der Waals surface area contributed by atoms with Gasteiger partial charge in [0.15, 0.2) is 5.16 Å². The number of carbonyl (C=O) groups excluding carboxylic acids is 1. The number of benzene rings is 2. The number of rotatable bonds is 7. The first-order valence-corrected chi connectivity index (χ1v) is 9.79. The van der Waals surface area contributed by atoms with Crippen LogP contribution >= 0.6 is 11.8 Å². The molecular weight excluding hydrogens is 356 g/mol. The zero-order valence-corrected chi connectivity index (χ0v) is 16.2. The molecule has 0 saturated heterocycles. The molecule has 0 aliphatic carbocycles. The average Bonchev–Trinajstić information content (AvgIpc) is 3.04. The Morgan fingerprint density at radius 3 is 2.70 bits per heavy atom. The van der Waals surface area contributed by atoms with Gasteiger partial charge < -0.3 is 4.57 Å². The summed E-state index contributed by atoms with van der Waals surface area (Å²) in [5.41, 5.74) is 6.66. The number of hydrogen-bond donors (Lipinski definition) is 1. The van der Waals surface area contributed by atoms with Gasteiger partial charge in [-0.1, -0.05) is 60.3 Å². The number of imidazole rings is 1. The van der Waals surface area contributed by atoms with Crippen molar-refractivity contribution >= 4 is 41.0 Å². The van der Waals surface area contributed by atoms with E-state index in [2.05, 4.69) is 27.0 Å². The Morgan fingerprint density at radius 1 is 1.19 bits per heavy atom. The molecule has 1 amide bonds. The molecule has 0 fully saturated rings. The van der Waals surface area contributed by atoms with E-state index in [9.17, 15) is 4.79 Å². The van der Waals surface area contributed by atoms with E-state index in [-0.39, 0.29) is 11.7 Å². The van der Waals surface area contributed by atoms with E-state index in [1.165, 1.54) is 11.8 Å². The van der Waals surface area contributed by atoms with Crippen molar-refractivity contribution in [2.24, 2.45) is 5.10 Å². The van der Waals surface area contributed by atoms with Gasteiger partial charge in [-0.25, -0.2) is 10.4 Å². The second-order valence-electron chi connectivity index (χ2n) is 6.01. The zero-order valence-electron chi connectivity index (χ0n) is 15.4. The highest BCUT2D eigenvalue weighted by atomic mass is 32.2. The van der Waals surface area contributed by atoms with Gasteiger partial charge in [-0.15, -0.1) is 0 Å². The van der Waals surface area contributed by atoms with Crippen LogP contribution in [0.4, 0.5) is 0 Å². The van der Waals surface area contributed by atoms with Crippen LogP contribution in [0.15, 0.2) is 70.4 Å². The Morgan fingerprint density at radius 2 is 1.93 bits per heavy atom. The summed E-state index contributed by atoms with van der Waals surface area (Å²) in [5, 5.41) is 4.88. The molecule has 27 heavy (non-hydrogen) atoms. The maximum Gasteiger partial charge on any atom is 0.250 e. The largest absolute Gasteiger partial charge is 0.319 e. The maximum absolute atomic E-state index is 12.1. The number of aromatic nitrogens is 2. The molecule has 1 N–H and O–H groups in total. The number of aryl methyl sites for hydroxylation is 1. The van der Waals surface area contributed by atoms with Crippen LogP contribution in [0.1, 0.15) is 19.4 Å². The van der Waals surface area contributed by atoms with Crippen LogP contribution in [-0.2, 0) is 11.3 Å². The van der Waals surface area contributed by atoms with E-state index < -0.39 is 0 Å². The van der Waals surface area contributed by atoms with Gasteiger partial charge >= 0.3 is 0 Å². The van der Waals surface area contributed by atoms with Gasteiger partial charge in [-0.05, 0) is 37.1 Å². The number of amides is 1. The highest BCUT2D eigenvalue weighted by Gasteiger charge is 2.11. The van der Waals surface area contributed by atoms with Crippen molar-refractivity contribution in [1.29, 1.82) is 0 Å². The lowest BCUT2D eigenvalue weighted by Crippen LogP contribution is -2.20. The first-order valence-electron chi connectivity index (χ1n) is 8.80. The number of hydrogen-bond acceptors (Lipinski definition) is 4.